The average Bonchev–Trinajstić information content (AvgIpc) is 2.19. The molecule has 17 heavy (non-hydrogen) atoms. The molecule has 1 rings (SSSR count). The Morgan fingerprint density at radius 2 is 1.88 bits per heavy atom. The molecule has 0 aliphatic rings. The van der Waals surface area contributed by atoms with Gasteiger partial charge in [0.2, 0.25) is 15.3 Å². The van der Waals surface area contributed by atoms with Crippen molar-refractivity contribution in [3.05, 3.63) is 29.8 Å². The van der Waals surface area contributed by atoms with Gasteiger partial charge in [-0.2, -0.15) is 0 Å². The number of benzene rings is 1. The summed E-state index contributed by atoms with van der Waals surface area (Å²) in [6.07, 6.45) is 1.05. The first-order chi connectivity index (χ1) is 7.75. The van der Waals surface area contributed by atoms with Crippen molar-refractivity contribution in [3.63, 3.8) is 0 Å². The first kappa shape index (κ1) is 14.0. The topological polar surface area (TPSA) is 54.5 Å². The molecule has 0 aromatic heterocycles. The summed E-state index contributed by atoms with van der Waals surface area (Å²) < 4.78 is 24.5. The summed E-state index contributed by atoms with van der Waals surface area (Å²) in [5.74, 6) is 0. The number of hydrogen-bond donors (Lipinski definition) is 0. The number of halogens is 1. The van der Waals surface area contributed by atoms with Gasteiger partial charge < -0.3 is 0 Å². The van der Waals surface area contributed by atoms with Gasteiger partial charge in [0.1, 0.15) is 6.04 Å². The second-order valence-electron chi connectivity index (χ2n) is 3.83. The predicted molar refractivity (Wildman–Crippen MR) is 68.8 cm³/mol. The number of sulfonamides is 1. The maximum atomic E-state index is 11.7. The number of para-hydroxylation sites is 1. The third kappa shape index (κ3) is 3.20. The first-order valence-corrected chi connectivity index (χ1v) is 7.22. The van der Waals surface area contributed by atoms with Crippen molar-refractivity contribution >= 4 is 32.6 Å². The lowest BCUT2D eigenvalue weighted by Crippen LogP contribution is -2.41. The Bertz CT molecular complexity index is 527. The number of rotatable bonds is 4. The molecule has 1 unspecified atom stereocenters. The van der Waals surface area contributed by atoms with Gasteiger partial charge in [-0.3, -0.25) is 9.10 Å². The van der Waals surface area contributed by atoms with Crippen LogP contribution < -0.4 is 4.31 Å². The molecule has 0 saturated carbocycles. The van der Waals surface area contributed by atoms with Crippen LogP contribution in [0.5, 0.6) is 0 Å². The molecule has 4 nitrogen and oxygen atoms in total. The van der Waals surface area contributed by atoms with Crippen molar-refractivity contribution in [1.82, 2.24) is 0 Å². The molecule has 0 radical (unpaired) electrons. The van der Waals surface area contributed by atoms with Crippen molar-refractivity contribution in [2.45, 2.75) is 19.9 Å². The lowest BCUT2D eigenvalue weighted by molar-refractivity contribution is -0.112. The number of nitrogens with zero attached hydrogens (tertiary/aromatic N) is 1. The second kappa shape index (κ2) is 5.06. The highest BCUT2D eigenvalue weighted by atomic mass is 35.5. The quantitative estimate of drug-likeness (QED) is 0.789. The largest absolute Gasteiger partial charge is 0.279 e. The van der Waals surface area contributed by atoms with Crippen LogP contribution in [0.25, 0.3) is 0 Å². The van der Waals surface area contributed by atoms with E-state index < -0.39 is 21.3 Å². The Labute approximate surface area is 106 Å². The Balaban J connectivity index is 3.36. The van der Waals surface area contributed by atoms with Gasteiger partial charge in [0.25, 0.3) is 0 Å². The number of aryl methyl sites for hydroxylation is 1. The highest BCUT2D eigenvalue weighted by Gasteiger charge is 2.28. The van der Waals surface area contributed by atoms with Crippen LogP contribution in [0, 0.1) is 6.92 Å². The Morgan fingerprint density at radius 1 is 1.35 bits per heavy atom. The molecule has 1 aromatic rings. The van der Waals surface area contributed by atoms with E-state index in [-0.39, 0.29) is 0 Å². The highest BCUT2D eigenvalue weighted by Crippen LogP contribution is 2.25. The van der Waals surface area contributed by atoms with Crippen LogP contribution in [0.4, 0.5) is 5.69 Å². The summed E-state index contributed by atoms with van der Waals surface area (Å²) in [5, 5.41) is -0.710. The third-order valence-corrected chi connectivity index (χ3v) is 3.93. The molecule has 0 fully saturated rings. The lowest BCUT2D eigenvalue weighted by atomic mass is 10.2. The lowest BCUT2D eigenvalue weighted by Gasteiger charge is -2.27. The molecule has 0 aliphatic heterocycles. The summed E-state index contributed by atoms with van der Waals surface area (Å²) in [7, 11) is -3.56. The Morgan fingerprint density at radius 3 is 2.29 bits per heavy atom. The fourth-order valence-corrected chi connectivity index (χ4v) is 2.97. The molecular formula is C11H14ClNO3S. The highest BCUT2D eigenvalue weighted by molar-refractivity contribution is 7.92. The van der Waals surface area contributed by atoms with E-state index in [0.717, 1.165) is 16.1 Å². The molecule has 0 amide bonds. The van der Waals surface area contributed by atoms with Crippen molar-refractivity contribution < 1.29 is 13.2 Å². The van der Waals surface area contributed by atoms with Crippen molar-refractivity contribution in [2.24, 2.45) is 0 Å². The maximum Gasteiger partial charge on any atom is 0.245 e. The van der Waals surface area contributed by atoms with Crippen molar-refractivity contribution in [1.29, 1.82) is 0 Å². The van der Waals surface area contributed by atoms with Crippen LogP contribution in [0.1, 0.15) is 12.5 Å². The summed E-state index contributed by atoms with van der Waals surface area (Å²) >= 11 is 5.39. The zero-order valence-corrected chi connectivity index (χ0v) is 11.4. The van der Waals surface area contributed by atoms with E-state index in [1.54, 1.807) is 31.2 Å². The van der Waals surface area contributed by atoms with Gasteiger partial charge in [-0.05, 0) is 37.1 Å². The maximum absolute atomic E-state index is 11.7. The Hall–Kier alpha value is -1.07. The van der Waals surface area contributed by atoms with Gasteiger partial charge in [0, 0.05) is 0 Å². The molecular weight excluding hydrogens is 262 g/mol. The van der Waals surface area contributed by atoms with Gasteiger partial charge in [0.15, 0.2) is 0 Å². The summed E-state index contributed by atoms with van der Waals surface area (Å²) in [5.41, 5.74) is 1.24. The Kier molecular flexibility index (Phi) is 4.16. The molecule has 0 spiro atoms. The zero-order chi connectivity index (χ0) is 13.2. The van der Waals surface area contributed by atoms with Crippen LogP contribution >= 0.6 is 11.6 Å². The van der Waals surface area contributed by atoms with Gasteiger partial charge in [-0.25, -0.2) is 8.42 Å². The summed E-state index contributed by atoms with van der Waals surface area (Å²) in [6, 6.07) is 6.01. The van der Waals surface area contributed by atoms with E-state index in [0.29, 0.717) is 5.69 Å². The minimum Gasteiger partial charge on any atom is -0.279 e. The second-order valence-corrected chi connectivity index (χ2v) is 6.06. The van der Waals surface area contributed by atoms with Gasteiger partial charge in [-0.1, -0.05) is 18.2 Å². The SMILES string of the molecule is Cc1ccccc1N(C(C)C(=O)Cl)S(C)(=O)=O. The molecule has 1 atom stereocenters. The normalized spacial score (nSPS) is 13.2. The smallest absolute Gasteiger partial charge is 0.245 e. The number of anilines is 1. The standard InChI is InChI=1S/C11H14ClNO3S/c1-8-6-4-5-7-10(8)13(17(3,15)16)9(2)11(12)14/h4-7,9H,1-3H3. The van der Waals surface area contributed by atoms with Crippen LogP contribution in [-0.4, -0.2) is 26.0 Å². The molecule has 94 valence electrons. The summed E-state index contributed by atoms with van der Waals surface area (Å²) in [4.78, 5) is 11.2. The number of carbonyl (C=O) groups is 1. The van der Waals surface area contributed by atoms with E-state index in [9.17, 15) is 13.2 Å². The van der Waals surface area contributed by atoms with E-state index in [1.165, 1.54) is 6.92 Å². The molecule has 1 aromatic carbocycles. The van der Waals surface area contributed by atoms with Crippen LogP contribution in [0.2, 0.25) is 0 Å². The minimum absolute atomic E-state index is 0.469. The number of hydrogen-bond acceptors (Lipinski definition) is 3. The molecule has 0 aliphatic carbocycles. The van der Waals surface area contributed by atoms with E-state index in [1.807, 2.05) is 0 Å². The van der Waals surface area contributed by atoms with Gasteiger partial charge in [0.05, 0.1) is 11.9 Å². The predicted octanol–water partition coefficient (Wildman–Crippen LogP) is 1.91. The molecule has 0 bridgehead atoms. The third-order valence-electron chi connectivity index (χ3n) is 2.39. The average molecular weight is 276 g/mol. The molecule has 0 heterocycles. The first-order valence-electron chi connectivity index (χ1n) is 4.99. The number of carbonyl (C=O) groups excluding carboxylic acids is 1. The fraction of sp³-hybridized carbons (Fsp3) is 0.364. The van der Waals surface area contributed by atoms with Gasteiger partial charge >= 0.3 is 0 Å². The monoisotopic (exact) mass is 275 g/mol. The van der Waals surface area contributed by atoms with Crippen LogP contribution in [0.15, 0.2) is 24.3 Å². The van der Waals surface area contributed by atoms with Crippen molar-refractivity contribution in [2.75, 3.05) is 10.6 Å². The zero-order valence-electron chi connectivity index (χ0n) is 9.84. The molecule has 6 heteroatoms. The minimum atomic E-state index is -3.56. The van der Waals surface area contributed by atoms with E-state index in [2.05, 4.69) is 0 Å². The molecule has 0 N–H and O–H groups in total. The van der Waals surface area contributed by atoms with Crippen LogP contribution in [0.3, 0.4) is 0 Å². The van der Waals surface area contributed by atoms with Gasteiger partial charge in [-0.15, -0.1) is 0 Å². The van der Waals surface area contributed by atoms with E-state index in [4.69, 9.17) is 11.6 Å². The van der Waals surface area contributed by atoms with E-state index >= 15 is 0 Å². The summed E-state index contributed by atoms with van der Waals surface area (Å²) in [6.45, 7) is 3.24. The van der Waals surface area contributed by atoms with Crippen LogP contribution in [-0.2, 0) is 14.8 Å². The molecule has 0 saturated heterocycles. The fourth-order valence-electron chi connectivity index (χ4n) is 1.58. The van der Waals surface area contributed by atoms with Crippen molar-refractivity contribution in [3.8, 4) is 0 Å².